The number of benzene rings is 1. The number of rotatable bonds is 5. The Hall–Kier alpha value is -1.10. The molecule has 0 unspecified atom stereocenters. The molecular formula is C12H13Cl2NO3. The van der Waals surface area contributed by atoms with Crippen molar-refractivity contribution in [2.45, 2.75) is 19.4 Å². The van der Waals surface area contributed by atoms with Gasteiger partial charge in [0, 0.05) is 12.0 Å². The molecule has 0 heterocycles. The summed E-state index contributed by atoms with van der Waals surface area (Å²) in [5.74, 6) is -0.875. The van der Waals surface area contributed by atoms with E-state index in [2.05, 4.69) is 0 Å². The van der Waals surface area contributed by atoms with Crippen LogP contribution in [0.5, 0.6) is 0 Å². The van der Waals surface area contributed by atoms with Crippen molar-refractivity contribution < 1.29 is 14.3 Å². The lowest BCUT2D eigenvalue weighted by Crippen LogP contribution is -2.34. The highest BCUT2D eigenvalue weighted by Crippen LogP contribution is 2.23. The van der Waals surface area contributed by atoms with Crippen LogP contribution in [0.4, 0.5) is 0 Å². The van der Waals surface area contributed by atoms with E-state index in [0.29, 0.717) is 10.6 Å². The van der Waals surface area contributed by atoms with E-state index in [-0.39, 0.29) is 23.8 Å². The summed E-state index contributed by atoms with van der Waals surface area (Å²) >= 11 is 11.5. The van der Waals surface area contributed by atoms with Crippen molar-refractivity contribution in [2.75, 3.05) is 6.61 Å². The summed E-state index contributed by atoms with van der Waals surface area (Å²) in [6, 6.07) is 3.54. The number of esters is 1. The molecule has 6 heteroatoms. The average molecular weight is 290 g/mol. The molecule has 0 aliphatic heterocycles. The maximum Gasteiger partial charge on any atom is 0.323 e. The lowest BCUT2D eigenvalue weighted by Gasteiger charge is -2.09. The largest absolute Gasteiger partial charge is 0.465 e. The number of ketones is 1. The van der Waals surface area contributed by atoms with Gasteiger partial charge in [0.05, 0.1) is 16.7 Å². The Balaban J connectivity index is 2.70. The van der Waals surface area contributed by atoms with Gasteiger partial charge in [-0.25, -0.2) is 0 Å². The van der Waals surface area contributed by atoms with E-state index in [4.69, 9.17) is 33.7 Å². The highest BCUT2D eigenvalue weighted by Gasteiger charge is 2.19. The molecular weight excluding hydrogens is 277 g/mol. The number of carbonyl (C=O) groups excluding carboxylic acids is 2. The predicted molar refractivity (Wildman–Crippen MR) is 70.0 cm³/mol. The summed E-state index contributed by atoms with van der Waals surface area (Å²) in [4.78, 5) is 23.1. The van der Waals surface area contributed by atoms with Crippen molar-refractivity contribution in [1.82, 2.24) is 0 Å². The summed E-state index contributed by atoms with van der Waals surface area (Å²) in [7, 11) is 0. The van der Waals surface area contributed by atoms with Crippen molar-refractivity contribution in [2.24, 2.45) is 5.73 Å². The number of carbonyl (C=O) groups is 2. The van der Waals surface area contributed by atoms with E-state index >= 15 is 0 Å². The van der Waals surface area contributed by atoms with E-state index in [0.717, 1.165) is 0 Å². The first-order chi connectivity index (χ1) is 8.45. The summed E-state index contributed by atoms with van der Waals surface area (Å²) in [5, 5.41) is 0.648. The molecule has 0 bridgehead atoms. The molecule has 18 heavy (non-hydrogen) atoms. The van der Waals surface area contributed by atoms with Crippen molar-refractivity contribution in [3.05, 3.63) is 33.8 Å². The predicted octanol–water partition coefficient (Wildman–Crippen LogP) is 2.46. The molecule has 0 saturated heterocycles. The highest BCUT2D eigenvalue weighted by molar-refractivity contribution is 6.42. The topological polar surface area (TPSA) is 69.4 Å². The summed E-state index contributed by atoms with van der Waals surface area (Å²) in [6.45, 7) is 1.90. The summed E-state index contributed by atoms with van der Waals surface area (Å²) in [5.41, 5.74) is 5.92. The van der Waals surface area contributed by atoms with Gasteiger partial charge in [0.2, 0.25) is 0 Å². The van der Waals surface area contributed by atoms with Crippen molar-refractivity contribution in [3.8, 4) is 0 Å². The van der Waals surface area contributed by atoms with E-state index in [9.17, 15) is 9.59 Å². The third-order valence-electron chi connectivity index (χ3n) is 2.24. The number of hydrogen-bond acceptors (Lipinski definition) is 4. The zero-order valence-electron chi connectivity index (χ0n) is 9.78. The Kier molecular flexibility index (Phi) is 5.59. The second kappa shape index (κ2) is 6.73. The molecule has 2 N–H and O–H groups in total. The molecule has 98 valence electrons. The fourth-order valence-corrected chi connectivity index (χ4v) is 1.62. The van der Waals surface area contributed by atoms with Crippen LogP contribution in [-0.4, -0.2) is 24.4 Å². The second-order valence-corrected chi connectivity index (χ2v) is 4.43. The van der Waals surface area contributed by atoms with Gasteiger partial charge in [0.1, 0.15) is 6.04 Å². The molecule has 1 atom stereocenters. The summed E-state index contributed by atoms with van der Waals surface area (Å²) in [6.07, 6.45) is -0.128. The van der Waals surface area contributed by atoms with Gasteiger partial charge in [-0.1, -0.05) is 23.2 Å². The van der Waals surface area contributed by atoms with Crippen LogP contribution in [0.2, 0.25) is 10.0 Å². The van der Waals surface area contributed by atoms with Crippen LogP contribution in [-0.2, 0) is 9.53 Å². The monoisotopic (exact) mass is 289 g/mol. The Bertz CT molecular complexity index is 463. The molecule has 0 fully saturated rings. The van der Waals surface area contributed by atoms with Gasteiger partial charge in [0.25, 0.3) is 0 Å². The van der Waals surface area contributed by atoms with Gasteiger partial charge >= 0.3 is 5.97 Å². The second-order valence-electron chi connectivity index (χ2n) is 3.61. The van der Waals surface area contributed by atoms with Crippen LogP contribution >= 0.6 is 23.2 Å². The Morgan fingerprint density at radius 1 is 1.33 bits per heavy atom. The average Bonchev–Trinajstić information content (AvgIpc) is 2.32. The van der Waals surface area contributed by atoms with Gasteiger partial charge in [-0.05, 0) is 25.1 Å². The Morgan fingerprint density at radius 2 is 2.00 bits per heavy atom. The Morgan fingerprint density at radius 3 is 2.56 bits per heavy atom. The minimum absolute atomic E-state index is 0.128. The van der Waals surface area contributed by atoms with Crippen LogP contribution < -0.4 is 5.73 Å². The lowest BCUT2D eigenvalue weighted by atomic mass is 10.0. The molecule has 0 radical (unpaired) electrons. The normalized spacial score (nSPS) is 12.0. The van der Waals surface area contributed by atoms with Gasteiger partial charge in [-0.2, -0.15) is 0 Å². The zero-order chi connectivity index (χ0) is 13.7. The minimum atomic E-state index is -0.966. The van der Waals surface area contributed by atoms with Crippen LogP contribution in [0.25, 0.3) is 0 Å². The maximum atomic E-state index is 11.8. The van der Waals surface area contributed by atoms with Crippen molar-refractivity contribution in [3.63, 3.8) is 0 Å². The fourth-order valence-electron chi connectivity index (χ4n) is 1.32. The maximum absolute atomic E-state index is 11.8. The first-order valence-corrected chi connectivity index (χ1v) is 6.11. The number of halogens is 2. The van der Waals surface area contributed by atoms with Crippen LogP contribution in [0.15, 0.2) is 18.2 Å². The molecule has 0 aromatic heterocycles. The van der Waals surface area contributed by atoms with Crippen LogP contribution in [0.3, 0.4) is 0 Å². The van der Waals surface area contributed by atoms with Crippen LogP contribution in [0, 0.1) is 0 Å². The Labute approximate surface area is 115 Å². The summed E-state index contributed by atoms with van der Waals surface area (Å²) < 4.78 is 4.72. The number of hydrogen-bond donors (Lipinski definition) is 1. The van der Waals surface area contributed by atoms with Gasteiger partial charge in [-0.15, -0.1) is 0 Å². The fraction of sp³-hybridized carbons (Fsp3) is 0.333. The number of nitrogens with two attached hydrogens (primary N) is 1. The molecule has 0 spiro atoms. The highest BCUT2D eigenvalue weighted by atomic mass is 35.5. The lowest BCUT2D eigenvalue weighted by molar-refractivity contribution is -0.144. The van der Waals surface area contributed by atoms with E-state index < -0.39 is 12.0 Å². The third-order valence-corrected chi connectivity index (χ3v) is 2.98. The smallest absolute Gasteiger partial charge is 0.323 e. The first-order valence-electron chi connectivity index (χ1n) is 5.36. The van der Waals surface area contributed by atoms with Gasteiger partial charge in [-0.3, -0.25) is 9.59 Å². The number of ether oxygens (including phenoxy) is 1. The van der Waals surface area contributed by atoms with E-state index in [1.807, 2.05) is 0 Å². The number of Topliss-reactive ketones (excluding diaryl/α,β-unsaturated/α-hetero) is 1. The SMILES string of the molecule is CCOC(=O)[C@H](N)CC(=O)c1ccc(Cl)c(Cl)c1. The van der Waals surface area contributed by atoms with Crippen molar-refractivity contribution in [1.29, 1.82) is 0 Å². The van der Waals surface area contributed by atoms with Gasteiger partial charge < -0.3 is 10.5 Å². The molecule has 1 aromatic rings. The van der Waals surface area contributed by atoms with Gasteiger partial charge in [0.15, 0.2) is 5.78 Å². The molecule has 0 aliphatic carbocycles. The molecule has 4 nitrogen and oxygen atoms in total. The molecule has 0 saturated carbocycles. The molecule has 1 rings (SSSR count). The molecule has 1 aromatic carbocycles. The minimum Gasteiger partial charge on any atom is -0.465 e. The zero-order valence-corrected chi connectivity index (χ0v) is 11.3. The quantitative estimate of drug-likeness (QED) is 0.668. The molecule has 0 amide bonds. The van der Waals surface area contributed by atoms with E-state index in [1.165, 1.54) is 18.2 Å². The third kappa shape index (κ3) is 3.98. The standard InChI is InChI=1S/C12H13Cl2NO3/c1-2-18-12(17)10(15)6-11(16)7-3-4-8(13)9(14)5-7/h3-5,10H,2,6,15H2,1H3/t10-/m1/s1. The molecule has 0 aliphatic rings. The van der Waals surface area contributed by atoms with Crippen molar-refractivity contribution >= 4 is 35.0 Å². The first kappa shape index (κ1) is 15.0. The van der Waals surface area contributed by atoms with E-state index in [1.54, 1.807) is 6.92 Å². The van der Waals surface area contributed by atoms with Crippen LogP contribution in [0.1, 0.15) is 23.7 Å².